The van der Waals surface area contributed by atoms with E-state index < -0.39 is 0 Å². The first-order valence-corrected chi connectivity index (χ1v) is 5.49. The summed E-state index contributed by atoms with van der Waals surface area (Å²) in [6.07, 6.45) is 2.04. The van der Waals surface area contributed by atoms with E-state index in [1.807, 2.05) is 0 Å². The Morgan fingerprint density at radius 1 is 1.31 bits per heavy atom. The standard InChI is InChI=1S/C13H17NO2/c1-4-11(5-2)16-13-7-6-12(15-3)8-10(13)9-14/h6-8,11H,4-5H2,1-3H3. The molecule has 1 aromatic carbocycles. The molecule has 0 aromatic heterocycles. The van der Waals surface area contributed by atoms with E-state index in [9.17, 15) is 0 Å². The van der Waals surface area contributed by atoms with Crippen LogP contribution in [0.3, 0.4) is 0 Å². The molecular weight excluding hydrogens is 202 g/mol. The van der Waals surface area contributed by atoms with Crippen molar-refractivity contribution >= 4 is 0 Å². The van der Waals surface area contributed by atoms with Gasteiger partial charge in [-0.3, -0.25) is 0 Å². The zero-order valence-electron chi connectivity index (χ0n) is 9.99. The number of benzene rings is 1. The van der Waals surface area contributed by atoms with Crippen LogP contribution in [0.1, 0.15) is 32.3 Å². The van der Waals surface area contributed by atoms with Gasteiger partial charge in [0.25, 0.3) is 0 Å². The van der Waals surface area contributed by atoms with E-state index in [4.69, 9.17) is 14.7 Å². The van der Waals surface area contributed by atoms with E-state index in [1.165, 1.54) is 0 Å². The Kier molecular flexibility index (Phi) is 4.65. The van der Waals surface area contributed by atoms with Crippen molar-refractivity contribution in [3.63, 3.8) is 0 Å². The molecule has 0 amide bonds. The minimum absolute atomic E-state index is 0.167. The molecule has 0 unspecified atom stereocenters. The number of nitriles is 1. The quantitative estimate of drug-likeness (QED) is 0.764. The van der Waals surface area contributed by atoms with Crippen molar-refractivity contribution < 1.29 is 9.47 Å². The van der Waals surface area contributed by atoms with Crippen LogP contribution in [0.15, 0.2) is 18.2 Å². The first-order valence-electron chi connectivity index (χ1n) is 5.49. The summed E-state index contributed by atoms with van der Waals surface area (Å²) in [6, 6.07) is 7.40. The summed E-state index contributed by atoms with van der Waals surface area (Å²) < 4.78 is 10.8. The minimum atomic E-state index is 0.167. The maximum Gasteiger partial charge on any atom is 0.137 e. The van der Waals surface area contributed by atoms with E-state index in [1.54, 1.807) is 25.3 Å². The SMILES string of the molecule is CCC(CC)Oc1ccc(OC)cc1C#N. The fourth-order valence-electron chi connectivity index (χ4n) is 1.46. The van der Waals surface area contributed by atoms with Gasteiger partial charge in [-0.05, 0) is 25.0 Å². The fraction of sp³-hybridized carbons (Fsp3) is 0.462. The van der Waals surface area contributed by atoms with Crippen molar-refractivity contribution in [2.24, 2.45) is 0 Å². The van der Waals surface area contributed by atoms with Crippen molar-refractivity contribution in [3.8, 4) is 17.6 Å². The molecule has 0 aliphatic carbocycles. The van der Waals surface area contributed by atoms with Crippen LogP contribution in [0.2, 0.25) is 0 Å². The minimum Gasteiger partial charge on any atom is -0.497 e. The van der Waals surface area contributed by atoms with Crippen LogP contribution in [0, 0.1) is 11.3 Å². The molecule has 0 N–H and O–H groups in total. The van der Waals surface area contributed by atoms with Crippen LogP contribution in [0.25, 0.3) is 0 Å². The monoisotopic (exact) mass is 219 g/mol. The van der Waals surface area contributed by atoms with Crippen molar-refractivity contribution in [1.82, 2.24) is 0 Å². The number of rotatable bonds is 5. The zero-order chi connectivity index (χ0) is 12.0. The van der Waals surface area contributed by atoms with Gasteiger partial charge in [-0.25, -0.2) is 0 Å². The van der Waals surface area contributed by atoms with E-state index >= 15 is 0 Å². The summed E-state index contributed by atoms with van der Waals surface area (Å²) in [5.74, 6) is 1.31. The highest BCUT2D eigenvalue weighted by Crippen LogP contribution is 2.25. The molecule has 0 spiro atoms. The lowest BCUT2D eigenvalue weighted by Crippen LogP contribution is -2.14. The Hall–Kier alpha value is -1.69. The molecule has 0 aliphatic heterocycles. The Balaban J connectivity index is 2.92. The lowest BCUT2D eigenvalue weighted by molar-refractivity contribution is 0.192. The Morgan fingerprint density at radius 2 is 2.00 bits per heavy atom. The van der Waals surface area contributed by atoms with Gasteiger partial charge >= 0.3 is 0 Å². The molecular formula is C13H17NO2. The molecule has 1 rings (SSSR count). The zero-order valence-corrected chi connectivity index (χ0v) is 9.99. The molecule has 3 heteroatoms. The molecule has 0 atom stereocenters. The number of methoxy groups -OCH3 is 1. The van der Waals surface area contributed by atoms with Gasteiger partial charge in [0.1, 0.15) is 17.6 Å². The summed E-state index contributed by atoms with van der Waals surface area (Å²) in [5, 5.41) is 9.01. The van der Waals surface area contributed by atoms with Crippen molar-refractivity contribution in [1.29, 1.82) is 5.26 Å². The molecule has 0 saturated heterocycles. The van der Waals surface area contributed by atoms with Gasteiger partial charge < -0.3 is 9.47 Å². The van der Waals surface area contributed by atoms with Crippen molar-refractivity contribution in [2.45, 2.75) is 32.8 Å². The lowest BCUT2D eigenvalue weighted by Gasteiger charge is -2.16. The third kappa shape index (κ3) is 2.90. The summed E-state index contributed by atoms with van der Waals surface area (Å²) in [4.78, 5) is 0. The predicted molar refractivity (Wildman–Crippen MR) is 62.7 cm³/mol. The van der Waals surface area contributed by atoms with Gasteiger partial charge in [0.05, 0.1) is 18.8 Å². The molecule has 0 heterocycles. The average Bonchev–Trinajstić information content (AvgIpc) is 2.35. The Morgan fingerprint density at radius 3 is 2.50 bits per heavy atom. The second kappa shape index (κ2) is 6.02. The van der Waals surface area contributed by atoms with Crippen LogP contribution in [-0.4, -0.2) is 13.2 Å². The summed E-state index contributed by atoms with van der Waals surface area (Å²) in [5.41, 5.74) is 0.520. The van der Waals surface area contributed by atoms with E-state index in [2.05, 4.69) is 19.9 Å². The first kappa shape index (κ1) is 12.4. The summed E-state index contributed by atoms with van der Waals surface area (Å²) in [7, 11) is 1.58. The van der Waals surface area contributed by atoms with E-state index in [0.29, 0.717) is 17.1 Å². The van der Waals surface area contributed by atoms with Crippen LogP contribution >= 0.6 is 0 Å². The second-order valence-electron chi connectivity index (χ2n) is 3.53. The Labute approximate surface area is 96.6 Å². The highest BCUT2D eigenvalue weighted by atomic mass is 16.5. The molecule has 0 saturated carbocycles. The number of ether oxygens (including phenoxy) is 2. The maximum atomic E-state index is 9.01. The maximum absolute atomic E-state index is 9.01. The number of hydrogen-bond acceptors (Lipinski definition) is 3. The van der Waals surface area contributed by atoms with Crippen LogP contribution in [0.5, 0.6) is 11.5 Å². The molecule has 1 aromatic rings. The van der Waals surface area contributed by atoms with E-state index in [-0.39, 0.29) is 6.10 Å². The topological polar surface area (TPSA) is 42.2 Å². The van der Waals surface area contributed by atoms with Crippen LogP contribution in [-0.2, 0) is 0 Å². The summed E-state index contributed by atoms with van der Waals surface area (Å²) >= 11 is 0. The molecule has 3 nitrogen and oxygen atoms in total. The third-order valence-electron chi connectivity index (χ3n) is 2.51. The van der Waals surface area contributed by atoms with Gasteiger partial charge in [-0.15, -0.1) is 0 Å². The molecule has 16 heavy (non-hydrogen) atoms. The summed E-state index contributed by atoms with van der Waals surface area (Å²) in [6.45, 7) is 4.15. The fourth-order valence-corrected chi connectivity index (χ4v) is 1.46. The number of nitrogens with zero attached hydrogens (tertiary/aromatic N) is 1. The highest BCUT2D eigenvalue weighted by Gasteiger charge is 2.10. The first-order chi connectivity index (χ1) is 7.74. The smallest absolute Gasteiger partial charge is 0.137 e. The Bertz CT molecular complexity index is 378. The molecule has 0 bridgehead atoms. The third-order valence-corrected chi connectivity index (χ3v) is 2.51. The highest BCUT2D eigenvalue weighted by molar-refractivity contribution is 5.47. The lowest BCUT2D eigenvalue weighted by atomic mass is 10.2. The van der Waals surface area contributed by atoms with Gasteiger partial charge in [0.2, 0.25) is 0 Å². The normalized spacial score (nSPS) is 9.94. The van der Waals surface area contributed by atoms with Crippen molar-refractivity contribution in [2.75, 3.05) is 7.11 Å². The van der Waals surface area contributed by atoms with Gasteiger partial charge in [0.15, 0.2) is 0 Å². The number of hydrogen-bond donors (Lipinski definition) is 0. The molecule has 0 aliphatic rings. The average molecular weight is 219 g/mol. The van der Waals surface area contributed by atoms with Gasteiger partial charge in [-0.2, -0.15) is 5.26 Å². The molecule has 86 valence electrons. The van der Waals surface area contributed by atoms with E-state index in [0.717, 1.165) is 12.8 Å². The van der Waals surface area contributed by atoms with Crippen molar-refractivity contribution in [3.05, 3.63) is 23.8 Å². The van der Waals surface area contributed by atoms with Crippen LogP contribution < -0.4 is 9.47 Å². The van der Waals surface area contributed by atoms with Crippen LogP contribution in [0.4, 0.5) is 0 Å². The predicted octanol–water partition coefficient (Wildman–Crippen LogP) is 3.13. The largest absolute Gasteiger partial charge is 0.497 e. The molecule has 0 fully saturated rings. The van der Waals surface area contributed by atoms with Gasteiger partial charge in [-0.1, -0.05) is 13.8 Å². The molecule has 0 radical (unpaired) electrons. The van der Waals surface area contributed by atoms with Gasteiger partial charge in [0, 0.05) is 6.07 Å². The second-order valence-corrected chi connectivity index (χ2v) is 3.53.